The van der Waals surface area contributed by atoms with Gasteiger partial charge in [0.15, 0.2) is 0 Å². The molecule has 0 aromatic carbocycles. The van der Waals surface area contributed by atoms with Crippen molar-refractivity contribution in [2.24, 2.45) is 0 Å². The highest BCUT2D eigenvalue weighted by Gasteiger charge is 2.29. The molecule has 94 valence electrons. The lowest BCUT2D eigenvalue weighted by Crippen LogP contribution is -2.32. The Hall–Kier alpha value is -1.36. The zero-order valence-electron chi connectivity index (χ0n) is 10.7. The van der Waals surface area contributed by atoms with E-state index in [0.29, 0.717) is 0 Å². The van der Waals surface area contributed by atoms with Crippen LogP contribution in [0.15, 0.2) is 6.07 Å². The van der Waals surface area contributed by atoms with Crippen LogP contribution in [-0.2, 0) is 4.74 Å². The maximum Gasteiger partial charge on any atom is 0.131 e. The molecule has 2 rings (SSSR count). The third kappa shape index (κ3) is 3.06. The summed E-state index contributed by atoms with van der Waals surface area (Å²) in [4.78, 5) is 8.61. The van der Waals surface area contributed by atoms with Crippen molar-refractivity contribution in [3.05, 3.63) is 11.9 Å². The minimum atomic E-state index is -0.0569. The van der Waals surface area contributed by atoms with E-state index < -0.39 is 0 Å². The Morgan fingerprint density at radius 2 is 2.18 bits per heavy atom. The molecular formula is C12H20N4O. The first-order valence-corrected chi connectivity index (χ1v) is 6.03. The molecule has 0 aliphatic carbocycles. The topological polar surface area (TPSA) is 59.1 Å². The van der Waals surface area contributed by atoms with Gasteiger partial charge in [0.25, 0.3) is 0 Å². The zero-order chi connectivity index (χ0) is 12.3. The Morgan fingerprint density at radius 3 is 2.82 bits per heavy atom. The predicted molar refractivity (Wildman–Crippen MR) is 68.4 cm³/mol. The highest BCUT2D eigenvalue weighted by molar-refractivity contribution is 5.47. The molecule has 17 heavy (non-hydrogen) atoms. The van der Waals surface area contributed by atoms with E-state index in [-0.39, 0.29) is 5.60 Å². The molecule has 1 aromatic rings. The van der Waals surface area contributed by atoms with Crippen LogP contribution >= 0.6 is 0 Å². The van der Waals surface area contributed by atoms with Crippen LogP contribution in [0.25, 0.3) is 0 Å². The first kappa shape index (κ1) is 12.1. The van der Waals surface area contributed by atoms with Crippen LogP contribution in [-0.4, -0.2) is 35.8 Å². The van der Waals surface area contributed by atoms with Gasteiger partial charge in [0, 0.05) is 26.3 Å². The Labute approximate surface area is 102 Å². The van der Waals surface area contributed by atoms with E-state index in [1.165, 1.54) is 0 Å². The normalized spacial score (nSPS) is 23.7. The maximum atomic E-state index is 5.73. The molecule has 1 aromatic heterocycles. The first-order chi connectivity index (χ1) is 8.11. The molecule has 1 atom stereocenters. The number of hydrogen-bond acceptors (Lipinski definition) is 5. The quantitative estimate of drug-likeness (QED) is 0.835. The van der Waals surface area contributed by atoms with Gasteiger partial charge in [-0.3, -0.25) is 0 Å². The second-order valence-electron chi connectivity index (χ2n) is 4.69. The van der Waals surface area contributed by atoms with Crippen LogP contribution in [0.5, 0.6) is 0 Å². The van der Waals surface area contributed by atoms with Crippen molar-refractivity contribution in [1.29, 1.82) is 0 Å². The second-order valence-corrected chi connectivity index (χ2v) is 4.69. The van der Waals surface area contributed by atoms with Crippen molar-refractivity contribution in [2.45, 2.75) is 32.3 Å². The Balaban J connectivity index is 2.00. The molecule has 1 saturated heterocycles. The Morgan fingerprint density at radius 1 is 1.41 bits per heavy atom. The van der Waals surface area contributed by atoms with E-state index in [1.807, 2.05) is 20.0 Å². The van der Waals surface area contributed by atoms with Crippen molar-refractivity contribution < 1.29 is 4.74 Å². The molecule has 1 fully saturated rings. The first-order valence-electron chi connectivity index (χ1n) is 6.03. The van der Waals surface area contributed by atoms with Gasteiger partial charge in [-0.05, 0) is 26.7 Å². The highest BCUT2D eigenvalue weighted by Crippen LogP contribution is 2.25. The smallest absolute Gasteiger partial charge is 0.131 e. The molecule has 1 aliphatic heterocycles. The summed E-state index contributed by atoms with van der Waals surface area (Å²) in [5.74, 6) is 2.44. The second kappa shape index (κ2) is 4.87. The van der Waals surface area contributed by atoms with Crippen LogP contribution in [0.4, 0.5) is 11.6 Å². The monoisotopic (exact) mass is 236 g/mol. The van der Waals surface area contributed by atoms with Crippen molar-refractivity contribution in [1.82, 2.24) is 9.97 Å². The lowest BCUT2D eigenvalue weighted by Gasteiger charge is -2.23. The van der Waals surface area contributed by atoms with Crippen LogP contribution in [0.1, 0.15) is 25.6 Å². The third-order valence-corrected chi connectivity index (χ3v) is 3.04. The van der Waals surface area contributed by atoms with E-state index in [1.54, 1.807) is 0 Å². The number of ether oxygens (including phenoxy) is 1. The molecule has 0 spiro atoms. The van der Waals surface area contributed by atoms with Crippen LogP contribution < -0.4 is 10.6 Å². The third-order valence-electron chi connectivity index (χ3n) is 3.04. The summed E-state index contributed by atoms with van der Waals surface area (Å²) in [6.45, 7) is 5.68. The van der Waals surface area contributed by atoms with Gasteiger partial charge < -0.3 is 15.4 Å². The van der Waals surface area contributed by atoms with E-state index in [9.17, 15) is 0 Å². The molecule has 5 nitrogen and oxygen atoms in total. The average Bonchev–Trinajstić information content (AvgIpc) is 2.73. The lowest BCUT2D eigenvalue weighted by molar-refractivity contribution is 0.0314. The maximum absolute atomic E-state index is 5.73. The van der Waals surface area contributed by atoms with Gasteiger partial charge in [-0.25, -0.2) is 9.97 Å². The van der Waals surface area contributed by atoms with E-state index >= 15 is 0 Å². The van der Waals surface area contributed by atoms with Crippen LogP contribution in [0, 0.1) is 6.92 Å². The number of rotatable bonds is 4. The number of nitrogens with one attached hydrogen (secondary N) is 2. The van der Waals surface area contributed by atoms with Gasteiger partial charge >= 0.3 is 0 Å². The van der Waals surface area contributed by atoms with E-state index in [2.05, 4.69) is 27.5 Å². The summed E-state index contributed by atoms with van der Waals surface area (Å²) in [5.41, 5.74) is -0.0569. The largest absolute Gasteiger partial charge is 0.373 e. The van der Waals surface area contributed by atoms with Crippen LogP contribution in [0.3, 0.4) is 0 Å². The van der Waals surface area contributed by atoms with E-state index in [4.69, 9.17) is 4.74 Å². The van der Waals surface area contributed by atoms with Crippen molar-refractivity contribution >= 4 is 11.6 Å². The minimum absolute atomic E-state index is 0.0569. The average molecular weight is 236 g/mol. The lowest BCUT2D eigenvalue weighted by atomic mass is 10.0. The molecule has 1 aliphatic rings. The van der Waals surface area contributed by atoms with Crippen molar-refractivity contribution in [3.8, 4) is 0 Å². The van der Waals surface area contributed by atoms with Crippen LogP contribution in [0.2, 0.25) is 0 Å². The SMILES string of the molecule is CNc1cc(NCC2(C)CCCO2)nc(C)n1. The Kier molecular flexibility index (Phi) is 3.47. The van der Waals surface area contributed by atoms with Crippen molar-refractivity contribution in [2.75, 3.05) is 30.8 Å². The number of aryl methyl sites for hydroxylation is 1. The molecular weight excluding hydrogens is 216 g/mol. The molecule has 2 N–H and O–H groups in total. The fourth-order valence-corrected chi connectivity index (χ4v) is 2.04. The Bertz CT molecular complexity index is 388. The molecule has 1 unspecified atom stereocenters. The summed E-state index contributed by atoms with van der Waals surface area (Å²) in [5, 5.41) is 6.35. The number of hydrogen-bond donors (Lipinski definition) is 2. The van der Waals surface area contributed by atoms with Gasteiger partial charge in [-0.2, -0.15) is 0 Å². The molecule has 0 saturated carbocycles. The summed E-state index contributed by atoms with van der Waals surface area (Å²) in [6.07, 6.45) is 2.24. The van der Waals surface area contributed by atoms with Gasteiger partial charge in [0.2, 0.25) is 0 Å². The van der Waals surface area contributed by atoms with Gasteiger partial charge in [-0.15, -0.1) is 0 Å². The number of nitrogens with zero attached hydrogens (tertiary/aromatic N) is 2. The zero-order valence-corrected chi connectivity index (χ0v) is 10.7. The van der Waals surface area contributed by atoms with Gasteiger partial charge in [0.1, 0.15) is 17.5 Å². The van der Waals surface area contributed by atoms with Gasteiger partial charge in [-0.1, -0.05) is 0 Å². The molecule has 2 heterocycles. The molecule has 0 bridgehead atoms. The van der Waals surface area contributed by atoms with E-state index in [0.717, 1.165) is 43.5 Å². The summed E-state index contributed by atoms with van der Waals surface area (Å²) in [6, 6.07) is 1.91. The summed E-state index contributed by atoms with van der Waals surface area (Å²) in [7, 11) is 1.85. The number of anilines is 2. The van der Waals surface area contributed by atoms with Crippen molar-refractivity contribution in [3.63, 3.8) is 0 Å². The fraction of sp³-hybridized carbons (Fsp3) is 0.667. The fourth-order valence-electron chi connectivity index (χ4n) is 2.04. The molecule has 5 heteroatoms. The standard InChI is InChI=1S/C12H20N4O/c1-9-15-10(13-3)7-11(16-9)14-8-12(2)5-4-6-17-12/h7H,4-6,8H2,1-3H3,(H2,13,14,15,16). The summed E-state index contributed by atoms with van der Waals surface area (Å²) >= 11 is 0. The highest BCUT2D eigenvalue weighted by atomic mass is 16.5. The van der Waals surface area contributed by atoms with Gasteiger partial charge in [0.05, 0.1) is 5.60 Å². The summed E-state index contributed by atoms with van der Waals surface area (Å²) < 4.78 is 5.73. The number of aromatic nitrogens is 2. The molecule has 0 amide bonds. The molecule has 0 radical (unpaired) electrons. The minimum Gasteiger partial charge on any atom is -0.373 e. The predicted octanol–water partition coefficient (Wildman–Crippen LogP) is 1.81.